The second kappa shape index (κ2) is 12.3. The van der Waals surface area contributed by atoms with Gasteiger partial charge in [-0.05, 0) is 19.6 Å². The van der Waals surface area contributed by atoms with Crippen LogP contribution in [0.1, 0.15) is 20.8 Å². The van der Waals surface area contributed by atoms with Crippen LogP contribution in [-0.4, -0.2) is 30.0 Å². The Morgan fingerprint density at radius 2 is 1.11 bits per heavy atom. The van der Waals surface area contributed by atoms with Crippen molar-refractivity contribution in [2.24, 2.45) is 0 Å². The molecule has 0 aromatic heterocycles. The number of rotatable bonds is 3. The minimum absolute atomic E-state index is 0. The molecule has 0 amide bonds. The first-order chi connectivity index (χ1) is 3.35. The fourth-order valence-electron chi connectivity index (χ4n) is 0.671. The van der Waals surface area contributed by atoms with Crippen molar-refractivity contribution in [3.8, 4) is 0 Å². The van der Waals surface area contributed by atoms with E-state index in [1.807, 2.05) is 0 Å². The smallest absolute Gasteiger partial charge is 0.870 e. The van der Waals surface area contributed by atoms with Crippen LogP contribution < -0.4 is 51.4 Å². The van der Waals surface area contributed by atoms with Gasteiger partial charge in [-0.2, -0.15) is 0 Å². The Labute approximate surface area is 101 Å². The van der Waals surface area contributed by atoms with Crippen molar-refractivity contribution in [2.75, 3.05) is 19.6 Å². The van der Waals surface area contributed by atoms with Crippen LogP contribution in [0.5, 0.6) is 0 Å². The molecule has 2 nitrogen and oxygen atoms in total. The van der Waals surface area contributed by atoms with Crippen LogP contribution in [0, 0.1) is 0 Å². The van der Waals surface area contributed by atoms with E-state index in [1.165, 1.54) is 19.6 Å². The van der Waals surface area contributed by atoms with E-state index in [-0.39, 0.29) is 56.9 Å². The molecule has 0 fully saturated rings. The maximum absolute atomic E-state index is 2.38. The van der Waals surface area contributed by atoms with Crippen molar-refractivity contribution >= 4 is 0 Å². The minimum Gasteiger partial charge on any atom is -0.870 e. The van der Waals surface area contributed by atoms with Crippen molar-refractivity contribution < 1.29 is 56.9 Å². The van der Waals surface area contributed by atoms with Crippen LogP contribution >= 0.6 is 0 Å². The van der Waals surface area contributed by atoms with Crippen molar-refractivity contribution in [3.05, 3.63) is 0 Å². The Morgan fingerprint density at radius 3 is 1.11 bits per heavy atom. The molecule has 3 heteroatoms. The zero-order valence-corrected chi connectivity index (χ0v) is 10.1. The first-order valence-electron chi connectivity index (χ1n) is 3.07. The predicted molar refractivity (Wildman–Crippen MR) is 35.4 cm³/mol. The molecule has 1 N–H and O–H groups in total. The van der Waals surface area contributed by atoms with Gasteiger partial charge in [0, 0.05) is 0 Å². The van der Waals surface area contributed by atoms with Gasteiger partial charge in [0.1, 0.15) is 0 Å². The Morgan fingerprint density at radius 1 is 0.889 bits per heavy atom. The first kappa shape index (κ1) is 16.9. The Hall–Kier alpha value is 1.56. The van der Waals surface area contributed by atoms with E-state index in [4.69, 9.17) is 0 Å². The second-order valence-corrected chi connectivity index (χ2v) is 1.62. The van der Waals surface area contributed by atoms with E-state index >= 15 is 0 Å². The third-order valence-corrected chi connectivity index (χ3v) is 1.34. The summed E-state index contributed by atoms with van der Waals surface area (Å²) in [4.78, 5) is 2.38. The summed E-state index contributed by atoms with van der Waals surface area (Å²) in [6.45, 7) is 10.1. The van der Waals surface area contributed by atoms with Gasteiger partial charge in [0.15, 0.2) is 0 Å². The Bertz CT molecular complexity index is 34.5. The summed E-state index contributed by atoms with van der Waals surface area (Å²) < 4.78 is 0. The van der Waals surface area contributed by atoms with Gasteiger partial charge in [-0.15, -0.1) is 0 Å². The number of hydrogen-bond donors (Lipinski definition) is 0. The van der Waals surface area contributed by atoms with Gasteiger partial charge in [0.2, 0.25) is 0 Å². The topological polar surface area (TPSA) is 33.2 Å². The fraction of sp³-hybridized carbons (Fsp3) is 1.00. The Kier molecular flexibility index (Phi) is 23.0. The normalized spacial score (nSPS) is 8.00. The van der Waals surface area contributed by atoms with Crippen LogP contribution in [0.2, 0.25) is 0 Å². The zero-order chi connectivity index (χ0) is 5.70. The average molecular weight is 157 g/mol. The molecule has 0 radical (unpaired) electrons. The van der Waals surface area contributed by atoms with Gasteiger partial charge in [-0.3, -0.25) is 0 Å². The molecule has 0 heterocycles. The summed E-state index contributed by atoms with van der Waals surface area (Å²) in [6.07, 6.45) is 0. The number of nitrogens with zero attached hydrogens (tertiary/aromatic N) is 1. The maximum Gasteiger partial charge on any atom is 1.00 e. The van der Waals surface area contributed by atoms with E-state index in [0.717, 1.165) is 0 Å². The molecule has 52 valence electrons. The minimum atomic E-state index is 0. The summed E-state index contributed by atoms with van der Waals surface area (Å²) >= 11 is 0. The third-order valence-electron chi connectivity index (χ3n) is 1.34. The van der Waals surface area contributed by atoms with E-state index in [9.17, 15) is 0 Å². The molecule has 0 aromatic rings. The SMILES string of the molecule is CCN(CC)CC.[K+].[OH-]. The van der Waals surface area contributed by atoms with Crippen molar-refractivity contribution in [1.82, 2.24) is 4.90 Å². The summed E-state index contributed by atoms with van der Waals surface area (Å²) in [5, 5.41) is 0. The molecule has 0 saturated heterocycles. The molecule has 0 bridgehead atoms. The molecule has 0 aliphatic rings. The van der Waals surface area contributed by atoms with Crippen LogP contribution in [0.15, 0.2) is 0 Å². The summed E-state index contributed by atoms with van der Waals surface area (Å²) in [5.41, 5.74) is 0. The standard InChI is InChI=1S/C6H15N.K.H2O/c1-4-7(5-2)6-3;;/h4-6H2,1-3H3;;1H2/q;+1;/p-1. The van der Waals surface area contributed by atoms with Crippen molar-refractivity contribution in [2.45, 2.75) is 20.8 Å². The van der Waals surface area contributed by atoms with Crippen LogP contribution in [-0.2, 0) is 0 Å². The molecule has 0 spiro atoms. The largest absolute Gasteiger partial charge is 1.00 e. The molecule has 0 aliphatic carbocycles. The molecule has 0 aliphatic heterocycles. The van der Waals surface area contributed by atoms with Crippen LogP contribution in [0.25, 0.3) is 0 Å². The molecule has 0 unspecified atom stereocenters. The van der Waals surface area contributed by atoms with Crippen LogP contribution in [0.3, 0.4) is 0 Å². The number of hydrogen-bond acceptors (Lipinski definition) is 2. The van der Waals surface area contributed by atoms with Gasteiger partial charge in [0.25, 0.3) is 0 Å². The van der Waals surface area contributed by atoms with Gasteiger partial charge < -0.3 is 10.4 Å². The third kappa shape index (κ3) is 9.56. The van der Waals surface area contributed by atoms with Gasteiger partial charge in [-0.25, -0.2) is 0 Å². The van der Waals surface area contributed by atoms with Gasteiger partial charge in [0.05, 0.1) is 0 Å². The van der Waals surface area contributed by atoms with Crippen molar-refractivity contribution in [3.63, 3.8) is 0 Å². The summed E-state index contributed by atoms with van der Waals surface area (Å²) in [5.74, 6) is 0. The van der Waals surface area contributed by atoms with E-state index < -0.39 is 0 Å². The second-order valence-electron chi connectivity index (χ2n) is 1.62. The molecule has 0 aromatic carbocycles. The maximum atomic E-state index is 2.38. The van der Waals surface area contributed by atoms with Crippen LogP contribution in [0.4, 0.5) is 0 Å². The average Bonchev–Trinajstić information content (AvgIpc) is 1.72. The molecule has 9 heavy (non-hydrogen) atoms. The molecule has 0 rings (SSSR count). The predicted octanol–water partition coefficient (Wildman–Crippen LogP) is -1.82. The van der Waals surface area contributed by atoms with Crippen molar-refractivity contribution in [1.29, 1.82) is 0 Å². The molecular weight excluding hydrogens is 141 g/mol. The zero-order valence-electron chi connectivity index (χ0n) is 7.02. The quantitative estimate of drug-likeness (QED) is 0.452. The molecule has 0 atom stereocenters. The van der Waals surface area contributed by atoms with Gasteiger partial charge >= 0.3 is 51.4 Å². The monoisotopic (exact) mass is 157 g/mol. The molecular formula is C6H16KNO. The first-order valence-corrected chi connectivity index (χ1v) is 3.07. The summed E-state index contributed by atoms with van der Waals surface area (Å²) in [6, 6.07) is 0. The fourth-order valence-corrected chi connectivity index (χ4v) is 0.671. The van der Waals surface area contributed by atoms with Gasteiger partial charge in [-0.1, -0.05) is 20.8 Å². The summed E-state index contributed by atoms with van der Waals surface area (Å²) in [7, 11) is 0. The van der Waals surface area contributed by atoms with E-state index in [0.29, 0.717) is 0 Å². The Balaban J connectivity index is -0.000000180. The van der Waals surface area contributed by atoms with E-state index in [1.54, 1.807) is 0 Å². The molecule has 0 saturated carbocycles. The van der Waals surface area contributed by atoms with E-state index in [2.05, 4.69) is 25.7 Å².